The molecule has 0 radical (unpaired) electrons. The van der Waals surface area contributed by atoms with Crippen LogP contribution in [-0.4, -0.2) is 28.7 Å². The Balaban J connectivity index is 1.70. The highest BCUT2D eigenvalue weighted by Crippen LogP contribution is 2.19. The van der Waals surface area contributed by atoms with Crippen molar-refractivity contribution in [2.24, 2.45) is 11.6 Å². The number of benzene rings is 3. The summed E-state index contributed by atoms with van der Waals surface area (Å²) in [6, 6.07) is 19.5. The number of hydrazine groups is 1. The lowest BCUT2D eigenvalue weighted by molar-refractivity contribution is -0.130. The summed E-state index contributed by atoms with van der Waals surface area (Å²) in [5, 5.41) is 15.6. The molecule has 3 rings (SSSR count). The molecule has 0 aromatic heterocycles. The minimum Gasteiger partial charge on any atom is -0.399 e. The first-order chi connectivity index (χ1) is 14.9. The van der Waals surface area contributed by atoms with Crippen molar-refractivity contribution in [3.63, 3.8) is 0 Å². The minimum atomic E-state index is -0.544. The molecule has 0 bridgehead atoms. The van der Waals surface area contributed by atoms with E-state index in [2.05, 4.69) is 11.4 Å². The zero-order valence-electron chi connectivity index (χ0n) is 17.0. The van der Waals surface area contributed by atoms with Crippen LogP contribution >= 0.6 is 0 Å². The molecule has 1 amide bonds. The van der Waals surface area contributed by atoms with E-state index in [0.29, 0.717) is 17.8 Å². The molecular formula is C23H26FN5O2. The lowest BCUT2D eigenvalue weighted by Crippen LogP contribution is -2.42. The van der Waals surface area contributed by atoms with E-state index in [-0.39, 0.29) is 18.8 Å². The van der Waals surface area contributed by atoms with Crippen molar-refractivity contribution in [3.05, 3.63) is 90.0 Å². The van der Waals surface area contributed by atoms with Gasteiger partial charge in [-0.1, -0.05) is 42.5 Å². The molecule has 3 aromatic carbocycles. The molecule has 7 nitrogen and oxygen atoms in total. The molecule has 0 aliphatic heterocycles. The first-order valence-electron chi connectivity index (χ1n) is 9.84. The SMILES string of the molecule is N/C(=C\N(N)C(CC(=O)NO)Cc1ccc2ccccc2c1)CNc1ccc(F)cc1. The Kier molecular flexibility index (Phi) is 7.42. The van der Waals surface area contributed by atoms with Gasteiger partial charge in [0.1, 0.15) is 5.82 Å². The Hall–Kier alpha value is -3.62. The number of carbonyl (C=O) groups excluding carboxylic acids is 1. The van der Waals surface area contributed by atoms with Gasteiger partial charge >= 0.3 is 0 Å². The number of anilines is 1. The molecule has 7 N–H and O–H groups in total. The fourth-order valence-electron chi connectivity index (χ4n) is 3.29. The number of halogens is 1. The Labute approximate surface area is 180 Å². The van der Waals surface area contributed by atoms with Gasteiger partial charge < -0.3 is 16.1 Å². The van der Waals surface area contributed by atoms with Gasteiger partial charge in [0.2, 0.25) is 5.91 Å². The monoisotopic (exact) mass is 423 g/mol. The summed E-state index contributed by atoms with van der Waals surface area (Å²) in [4.78, 5) is 11.8. The molecule has 0 aliphatic carbocycles. The molecule has 1 atom stereocenters. The molecular weight excluding hydrogens is 397 g/mol. The van der Waals surface area contributed by atoms with Crippen molar-refractivity contribution < 1.29 is 14.4 Å². The van der Waals surface area contributed by atoms with Crippen LogP contribution in [0.2, 0.25) is 0 Å². The third-order valence-corrected chi connectivity index (χ3v) is 4.91. The number of amides is 1. The van der Waals surface area contributed by atoms with E-state index in [1.165, 1.54) is 17.1 Å². The van der Waals surface area contributed by atoms with Gasteiger partial charge in [0, 0.05) is 17.6 Å². The van der Waals surface area contributed by atoms with Crippen molar-refractivity contribution in [1.82, 2.24) is 10.5 Å². The topological polar surface area (TPSA) is 117 Å². The number of nitrogens with two attached hydrogens (primary N) is 2. The normalized spacial score (nSPS) is 12.4. The van der Waals surface area contributed by atoms with Crippen LogP contribution in [0.3, 0.4) is 0 Å². The molecule has 0 heterocycles. The maximum absolute atomic E-state index is 13.0. The number of carbonyl (C=O) groups is 1. The lowest BCUT2D eigenvalue weighted by atomic mass is 9.99. The average molecular weight is 423 g/mol. The molecule has 162 valence electrons. The Morgan fingerprint density at radius 1 is 1.10 bits per heavy atom. The van der Waals surface area contributed by atoms with Gasteiger partial charge in [-0.15, -0.1) is 0 Å². The number of hydrogen-bond donors (Lipinski definition) is 5. The first kappa shape index (κ1) is 22.1. The largest absolute Gasteiger partial charge is 0.399 e. The zero-order chi connectivity index (χ0) is 22.2. The summed E-state index contributed by atoms with van der Waals surface area (Å²) in [6.07, 6.45) is 2.01. The van der Waals surface area contributed by atoms with E-state index in [1.54, 1.807) is 23.8 Å². The first-order valence-corrected chi connectivity index (χ1v) is 9.84. The molecule has 8 heteroatoms. The zero-order valence-corrected chi connectivity index (χ0v) is 17.0. The maximum atomic E-state index is 13.0. The van der Waals surface area contributed by atoms with Gasteiger partial charge in [0.05, 0.1) is 19.0 Å². The van der Waals surface area contributed by atoms with Crippen LogP contribution in [0.4, 0.5) is 10.1 Å². The smallest absolute Gasteiger partial charge is 0.245 e. The molecule has 1 unspecified atom stereocenters. The van der Waals surface area contributed by atoms with Crippen molar-refractivity contribution >= 4 is 22.4 Å². The third kappa shape index (κ3) is 6.43. The summed E-state index contributed by atoms with van der Waals surface area (Å²) in [5.41, 5.74) is 9.88. The van der Waals surface area contributed by atoms with Crippen molar-refractivity contribution in [2.75, 3.05) is 11.9 Å². The van der Waals surface area contributed by atoms with Crippen LogP contribution in [0, 0.1) is 5.82 Å². The third-order valence-electron chi connectivity index (χ3n) is 4.91. The summed E-state index contributed by atoms with van der Waals surface area (Å²) < 4.78 is 13.0. The summed E-state index contributed by atoms with van der Waals surface area (Å²) in [5.74, 6) is 5.35. The standard InChI is InChI=1S/C23H26FN5O2/c24-19-7-9-21(10-8-19)27-14-20(25)15-29(26)22(13-23(30)28-31)12-16-5-6-17-3-1-2-4-18(17)11-16/h1-11,15,22,27,31H,12-14,25-26H2,(H,28,30)/b20-15-. The second-order valence-electron chi connectivity index (χ2n) is 7.29. The summed E-state index contributed by atoms with van der Waals surface area (Å²) in [6.45, 7) is 0.286. The fourth-order valence-corrected chi connectivity index (χ4v) is 3.29. The van der Waals surface area contributed by atoms with Crippen LogP contribution < -0.4 is 22.4 Å². The van der Waals surface area contributed by atoms with Crippen molar-refractivity contribution in [3.8, 4) is 0 Å². The van der Waals surface area contributed by atoms with Crippen LogP contribution in [0.1, 0.15) is 12.0 Å². The van der Waals surface area contributed by atoms with E-state index in [0.717, 1.165) is 16.3 Å². The maximum Gasteiger partial charge on any atom is 0.245 e. The molecule has 0 saturated carbocycles. The van der Waals surface area contributed by atoms with E-state index < -0.39 is 11.9 Å². The van der Waals surface area contributed by atoms with Gasteiger partial charge in [-0.2, -0.15) is 0 Å². The number of nitrogens with one attached hydrogen (secondary N) is 2. The highest BCUT2D eigenvalue weighted by molar-refractivity contribution is 5.83. The number of hydrogen-bond acceptors (Lipinski definition) is 6. The van der Waals surface area contributed by atoms with Crippen LogP contribution in [0.5, 0.6) is 0 Å². The molecule has 0 fully saturated rings. The van der Waals surface area contributed by atoms with Crippen LogP contribution in [0.25, 0.3) is 10.8 Å². The Bertz CT molecular complexity index is 1060. The highest BCUT2D eigenvalue weighted by Gasteiger charge is 2.19. The van der Waals surface area contributed by atoms with Crippen molar-refractivity contribution in [2.45, 2.75) is 18.9 Å². The molecule has 0 aliphatic rings. The molecule has 31 heavy (non-hydrogen) atoms. The molecule has 3 aromatic rings. The molecule has 0 spiro atoms. The van der Waals surface area contributed by atoms with E-state index >= 15 is 0 Å². The van der Waals surface area contributed by atoms with Gasteiger partial charge in [0.25, 0.3) is 0 Å². The second-order valence-corrected chi connectivity index (χ2v) is 7.29. The minimum absolute atomic E-state index is 0.0189. The lowest BCUT2D eigenvalue weighted by Gasteiger charge is -2.26. The molecule has 0 saturated heterocycles. The highest BCUT2D eigenvalue weighted by atomic mass is 19.1. The summed E-state index contributed by atoms with van der Waals surface area (Å²) >= 11 is 0. The van der Waals surface area contributed by atoms with E-state index in [9.17, 15) is 9.18 Å². The number of fused-ring (bicyclic) bond motifs is 1. The second kappa shape index (κ2) is 10.4. The number of hydroxylamine groups is 1. The number of rotatable bonds is 9. The summed E-state index contributed by atoms with van der Waals surface area (Å²) in [7, 11) is 0. The van der Waals surface area contributed by atoms with E-state index in [4.69, 9.17) is 16.8 Å². The average Bonchev–Trinajstić information content (AvgIpc) is 2.78. The predicted molar refractivity (Wildman–Crippen MR) is 119 cm³/mol. The van der Waals surface area contributed by atoms with Crippen molar-refractivity contribution in [1.29, 1.82) is 0 Å². The van der Waals surface area contributed by atoms with Crippen LogP contribution in [-0.2, 0) is 11.2 Å². The van der Waals surface area contributed by atoms with Gasteiger partial charge in [-0.05, 0) is 47.0 Å². The quantitative estimate of drug-likeness (QED) is 0.205. The van der Waals surface area contributed by atoms with E-state index in [1.807, 2.05) is 36.4 Å². The van der Waals surface area contributed by atoms with Crippen LogP contribution in [0.15, 0.2) is 78.6 Å². The Morgan fingerprint density at radius 3 is 2.52 bits per heavy atom. The van der Waals surface area contributed by atoms with Gasteiger partial charge in [0.15, 0.2) is 0 Å². The van der Waals surface area contributed by atoms with Gasteiger partial charge in [-0.3, -0.25) is 10.0 Å². The Morgan fingerprint density at radius 2 is 1.81 bits per heavy atom. The predicted octanol–water partition coefficient (Wildman–Crippen LogP) is 2.87. The number of nitrogens with zero attached hydrogens (tertiary/aromatic N) is 1. The fraction of sp³-hybridized carbons (Fsp3) is 0.174. The van der Waals surface area contributed by atoms with Gasteiger partial charge in [-0.25, -0.2) is 15.7 Å².